The summed E-state index contributed by atoms with van der Waals surface area (Å²) in [5.41, 5.74) is 6.20. The number of carbonyl (C=O) groups excluding carboxylic acids is 2. The summed E-state index contributed by atoms with van der Waals surface area (Å²) in [6, 6.07) is 5.74. The molecule has 2 aromatic rings. The van der Waals surface area contributed by atoms with Crippen molar-refractivity contribution < 1.29 is 18.7 Å². The molecule has 1 aromatic heterocycles. The second kappa shape index (κ2) is 8.55. The number of hydrogen-bond acceptors (Lipinski definition) is 5. The lowest BCUT2D eigenvalue weighted by Crippen LogP contribution is -2.44. The van der Waals surface area contributed by atoms with E-state index in [4.69, 9.17) is 27.3 Å². The number of carbonyl (C=O) groups is 2. The molecule has 1 unspecified atom stereocenters. The highest BCUT2D eigenvalue weighted by Crippen LogP contribution is 2.34. The van der Waals surface area contributed by atoms with Crippen LogP contribution in [-0.2, 0) is 11.3 Å². The molecule has 0 spiro atoms. The Kier molecular flexibility index (Phi) is 6.23. The van der Waals surface area contributed by atoms with Gasteiger partial charge < -0.3 is 15.4 Å². The van der Waals surface area contributed by atoms with Crippen molar-refractivity contribution in [3.8, 4) is 17.3 Å². The highest BCUT2D eigenvalue weighted by molar-refractivity contribution is 6.31. The predicted octanol–water partition coefficient (Wildman–Crippen LogP) is 4.04. The van der Waals surface area contributed by atoms with E-state index < -0.39 is 23.4 Å². The van der Waals surface area contributed by atoms with Crippen molar-refractivity contribution in [3.05, 3.63) is 40.3 Å². The van der Waals surface area contributed by atoms with Crippen LogP contribution in [0.1, 0.15) is 55.7 Å². The van der Waals surface area contributed by atoms with E-state index in [0.29, 0.717) is 17.7 Å². The summed E-state index contributed by atoms with van der Waals surface area (Å²) in [4.78, 5) is 26.6. The zero-order valence-electron chi connectivity index (χ0n) is 17.5. The first-order valence-electron chi connectivity index (χ1n) is 9.73. The Morgan fingerprint density at radius 3 is 2.71 bits per heavy atom. The number of aromatic nitrogens is 2. The van der Waals surface area contributed by atoms with E-state index in [1.165, 1.54) is 23.1 Å². The summed E-state index contributed by atoms with van der Waals surface area (Å²) in [6.07, 6.45) is 0.103. The molecule has 164 valence electrons. The molecule has 1 aromatic carbocycles. The number of nitriles is 1. The Balaban J connectivity index is 2.10. The Hall–Kier alpha value is -3.12. The summed E-state index contributed by atoms with van der Waals surface area (Å²) < 4.78 is 20.8. The minimum Gasteiger partial charge on any atom is -0.444 e. The lowest BCUT2D eigenvalue weighted by molar-refractivity contribution is 0.0154. The summed E-state index contributed by atoms with van der Waals surface area (Å²) in [5.74, 6) is -1.33. The fourth-order valence-corrected chi connectivity index (χ4v) is 3.70. The number of amides is 2. The maximum Gasteiger partial charge on any atom is 0.410 e. The molecule has 0 aliphatic carbocycles. The molecule has 1 atom stereocenters. The van der Waals surface area contributed by atoms with Gasteiger partial charge in [0.2, 0.25) is 0 Å². The van der Waals surface area contributed by atoms with Crippen molar-refractivity contribution in [3.63, 3.8) is 0 Å². The first kappa shape index (κ1) is 22.6. The van der Waals surface area contributed by atoms with Crippen molar-refractivity contribution in [2.45, 2.75) is 51.8 Å². The number of ether oxygens (including phenoxy) is 1. The molecule has 1 aliphatic rings. The molecule has 0 fully saturated rings. The van der Waals surface area contributed by atoms with Gasteiger partial charge in [-0.05, 0) is 45.4 Å². The third-order valence-electron chi connectivity index (χ3n) is 4.81. The van der Waals surface area contributed by atoms with Gasteiger partial charge in [-0.2, -0.15) is 10.4 Å². The summed E-state index contributed by atoms with van der Waals surface area (Å²) in [5, 5.41) is 13.5. The van der Waals surface area contributed by atoms with E-state index in [-0.39, 0.29) is 41.8 Å². The average Bonchev–Trinajstić information content (AvgIpc) is 3.06. The Labute approximate surface area is 184 Å². The van der Waals surface area contributed by atoms with Gasteiger partial charge in [-0.15, -0.1) is 0 Å². The SMILES string of the molecule is CC(C)(C)OC(=O)N1Cc2c(C(N)=O)c(-c3ccc(F)c(Cl)c3)nn2C(CCC#N)C1. The minimum atomic E-state index is -0.734. The van der Waals surface area contributed by atoms with Gasteiger partial charge in [-0.3, -0.25) is 9.48 Å². The van der Waals surface area contributed by atoms with Gasteiger partial charge in [-0.1, -0.05) is 11.6 Å². The summed E-state index contributed by atoms with van der Waals surface area (Å²) in [7, 11) is 0. The smallest absolute Gasteiger partial charge is 0.410 e. The van der Waals surface area contributed by atoms with Gasteiger partial charge in [0.15, 0.2) is 0 Å². The van der Waals surface area contributed by atoms with E-state index in [2.05, 4.69) is 11.2 Å². The number of primary amides is 1. The van der Waals surface area contributed by atoms with Crippen molar-refractivity contribution in [1.29, 1.82) is 5.26 Å². The number of benzene rings is 1. The lowest BCUT2D eigenvalue weighted by Gasteiger charge is -2.35. The van der Waals surface area contributed by atoms with Crippen LogP contribution in [0, 0.1) is 17.1 Å². The predicted molar refractivity (Wildman–Crippen MR) is 112 cm³/mol. The summed E-state index contributed by atoms with van der Waals surface area (Å²) in [6.45, 7) is 5.59. The number of nitrogens with two attached hydrogens (primary N) is 1. The Morgan fingerprint density at radius 2 is 2.13 bits per heavy atom. The van der Waals surface area contributed by atoms with Gasteiger partial charge in [-0.25, -0.2) is 9.18 Å². The van der Waals surface area contributed by atoms with Crippen LogP contribution in [0.4, 0.5) is 9.18 Å². The maximum absolute atomic E-state index is 13.6. The zero-order valence-corrected chi connectivity index (χ0v) is 18.2. The van der Waals surface area contributed by atoms with Gasteiger partial charge >= 0.3 is 6.09 Å². The van der Waals surface area contributed by atoms with E-state index in [1.54, 1.807) is 25.5 Å². The standard InChI is InChI=1S/C21H23ClFN5O3/c1-21(2,3)31-20(30)27-10-13(5-4-8-24)28-16(11-27)17(19(25)29)18(26-28)12-6-7-15(23)14(22)9-12/h6-7,9,13H,4-5,10-11H2,1-3H3,(H2,25,29). The maximum atomic E-state index is 13.6. The molecule has 2 heterocycles. The molecule has 31 heavy (non-hydrogen) atoms. The first-order valence-corrected chi connectivity index (χ1v) is 10.1. The lowest BCUT2D eigenvalue weighted by atomic mass is 10.0. The number of fused-ring (bicyclic) bond motifs is 1. The second-order valence-electron chi connectivity index (χ2n) is 8.32. The van der Waals surface area contributed by atoms with Crippen LogP contribution in [-0.4, -0.2) is 38.8 Å². The molecule has 2 amide bonds. The van der Waals surface area contributed by atoms with Gasteiger partial charge in [0.05, 0.1) is 34.9 Å². The van der Waals surface area contributed by atoms with Crippen molar-refractivity contribution in [1.82, 2.24) is 14.7 Å². The van der Waals surface area contributed by atoms with Crippen molar-refractivity contribution in [2.75, 3.05) is 6.54 Å². The van der Waals surface area contributed by atoms with Crippen molar-refractivity contribution in [2.24, 2.45) is 5.73 Å². The molecule has 0 radical (unpaired) electrons. The number of nitrogens with zero attached hydrogens (tertiary/aromatic N) is 4. The highest BCUT2D eigenvalue weighted by Gasteiger charge is 2.36. The molecule has 3 rings (SSSR count). The van der Waals surface area contributed by atoms with Gasteiger partial charge in [0.25, 0.3) is 5.91 Å². The van der Waals surface area contributed by atoms with Crippen LogP contribution < -0.4 is 5.73 Å². The molecule has 2 N–H and O–H groups in total. The quantitative estimate of drug-likeness (QED) is 0.759. The highest BCUT2D eigenvalue weighted by atomic mass is 35.5. The monoisotopic (exact) mass is 447 g/mol. The minimum absolute atomic E-state index is 0.0537. The van der Waals surface area contributed by atoms with Crippen LogP contribution in [0.5, 0.6) is 0 Å². The fraction of sp³-hybridized carbons (Fsp3) is 0.429. The van der Waals surface area contributed by atoms with Crippen LogP contribution in [0.2, 0.25) is 5.02 Å². The number of halogens is 2. The number of hydrogen-bond donors (Lipinski definition) is 1. The van der Waals surface area contributed by atoms with Gasteiger partial charge in [0, 0.05) is 18.5 Å². The Morgan fingerprint density at radius 1 is 1.42 bits per heavy atom. The first-order chi connectivity index (χ1) is 14.5. The molecule has 0 bridgehead atoms. The second-order valence-corrected chi connectivity index (χ2v) is 8.73. The molecular formula is C21H23ClFN5O3. The third kappa shape index (κ3) is 4.80. The molecule has 1 aliphatic heterocycles. The molecule has 10 heteroatoms. The van der Waals surface area contributed by atoms with Crippen molar-refractivity contribution >= 4 is 23.6 Å². The van der Waals surface area contributed by atoms with Crippen LogP contribution in [0.15, 0.2) is 18.2 Å². The summed E-state index contributed by atoms with van der Waals surface area (Å²) >= 11 is 5.91. The zero-order chi connectivity index (χ0) is 22.9. The van der Waals surface area contributed by atoms with E-state index in [1.807, 2.05) is 0 Å². The molecule has 0 saturated heterocycles. The van der Waals surface area contributed by atoms with Crippen LogP contribution in [0.25, 0.3) is 11.3 Å². The molecule has 0 saturated carbocycles. The average molecular weight is 448 g/mol. The molecular weight excluding hydrogens is 425 g/mol. The Bertz CT molecular complexity index is 1070. The largest absolute Gasteiger partial charge is 0.444 e. The topological polar surface area (TPSA) is 114 Å². The van der Waals surface area contributed by atoms with E-state index in [9.17, 15) is 14.0 Å². The number of rotatable bonds is 4. The van der Waals surface area contributed by atoms with E-state index >= 15 is 0 Å². The third-order valence-corrected chi connectivity index (χ3v) is 5.10. The fourth-order valence-electron chi connectivity index (χ4n) is 3.51. The van der Waals surface area contributed by atoms with E-state index in [0.717, 1.165) is 0 Å². The van der Waals surface area contributed by atoms with Crippen LogP contribution >= 0.6 is 11.6 Å². The van der Waals surface area contributed by atoms with Crippen LogP contribution in [0.3, 0.4) is 0 Å². The normalized spacial score (nSPS) is 15.9. The van der Waals surface area contributed by atoms with Gasteiger partial charge in [0.1, 0.15) is 17.1 Å². The molecule has 8 nitrogen and oxygen atoms in total.